The van der Waals surface area contributed by atoms with Crippen LogP contribution in [0.4, 0.5) is 16.2 Å². The Morgan fingerprint density at radius 3 is 2.29 bits per heavy atom. The van der Waals surface area contributed by atoms with Crippen molar-refractivity contribution in [2.75, 3.05) is 23.7 Å². The number of allylic oxidation sites excluding steroid dienone is 1. The molecule has 0 unspecified atom stereocenters. The van der Waals surface area contributed by atoms with Gasteiger partial charge in [0, 0.05) is 30.0 Å². The first-order chi connectivity index (χ1) is 11.7. The van der Waals surface area contributed by atoms with Gasteiger partial charge in [-0.2, -0.15) is 0 Å². The lowest BCUT2D eigenvalue weighted by atomic mass is 10.2. The molecule has 0 radical (unpaired) electrons. The van der Waals surface area contributed by atoms with Gasteiger partial charge in [-0.25, -0.2) is 4.79 Å². The molecule has 3 amide bonds. The third kappa shape index (κ3) is 4.37. The van der Waals surface area contributed by atoms with Gasteiger partial charge in [0.15, 0.2) is 0 Å². The molecule has 0 saturated carbocycles. The van der Waals surface area contributed by atoms with E-state index >= 15 is 0 Å². The molecule has 1 fully saturated rings. The van der Waals surface area contributed by atoms with Crippen LogP contribution in [0.25, 0.3) is 0 Å². The maximum Gasteiger partial charge on any atom is 0.321 e. The maximum atomic E-state index is 12.4. The molecule has 2 N–H and O–H groups in total. The number of rotatable bonds is 3. The van der Waals surface area contributed by atoms with E-state index < -0.39 is 0 Å². The lowest BCUT2D eigenvalue weighted by Crippen LogP contribution is -2.35. The van der Waals surface area contributed by atoms with Gasteiger partial charge in [-0.3, -0.25) is 4.79 Å². The fourth-order valence-electron chi connectivity index (χ4n) is 3.24. The van der Waals surface area contributed by atoms with E-state index in [0.29, 0.717) is 11.4 Å². The number of likely N-dealkylation sites (tertiary alicyclic amines) is 1. The van der Waals surface area contributed by atoms with Crippen LogP contribution in [0.2, 0.25) is 0 Å². The van der Waals surface area contributed by atoms with E-state index in [1.54, 1.807) is 0 Å². The van der Waals surface area contributed by atoms with Crippen LogP contribution in [0.1, 0.15) is 44.9 Å². The van der Waals surface area contributed by atoms with Crippen LogP contribution in [0.3, 0.4) is 0 Å². The maximum absolute atomic E-state index is 12.4. The minimum Gasteiger partial charge on any atom is -0.325 e. The summed E-state index contributed by atoms with van der Waals surface area (Å²) in [6.07, 6.45) is 9.40. The summed E-state index contributed by atoms with van der Waals surface area (Å²) in [5.74, 6) is -0.0384. The number of nitrogens with one attached hydrogen (secondary N) is 2. The second-order valence-electron chi connectivity index (χ2n) is 6.49. The molecule has 24 heavy (non-hydrogen) atoms. The molecule has 0 atom stereocenters. The Morgan fingerprint density at radius 1 is 0.917 bits per heavy atom. The van der Waals surface area contributed by atoms with Crippen molar-refractivity contribution in [2.24, 2.45) is 0 Å². The topological polar surface area (TPSA) is 61.4 Å². The summed E-state index contributed by atoms with van der Waals surface area (Å²) >= 11 is 0. The highest BCUT2D eigenvalue weighted by molar-refractivity contribution is 6.04. The molecule has 5 nitrogen and oxygen atoms in total. The van der Waals surface area contributed by atoms with Crippen molar-refractivity contribution >= 4 is 23.3 Å². The van der Waals surface area contributed by atoms with Gasteiger partial charge in [0.25, 0.3) is 5.91 Å². The first kappa shape index (κ1) is 16.6. The molecular formula is C19H25N3O2. The number of carbonyl (C=O) groups excluding carboxylic acids is 2. The van der Waals surface area contributed by atoms with E-state index in [1.165, 1.54) is 12.8 Å². The number of amides is 3. The standard InChI is InChI=1S/C19H25N3O2/c23-18(15-8-3-4-9-15)20-16-10-7-11-17(14-16)21-19(24)22-12-5-1-2-6-13-22/h7-8,10-11,14H,1-6,9,12-13H2,(H,20,23)(H,21,24). The van der Waals surface area contributed by atoms with Gasteiger partial charge < -0.3 is 15.5 Å². The Hall–Kier alpha value is -2.30. The molecule has 3 rings (SSSR count). The summed E-state index contributed by atoms with van der Waals surface area (Å²) in [5, 5.41) is 5.86. The summed E-state index contributed by atoms with van der Waals surface area (Å²) in [4.78, 5) is 26.4. The molecule has 2 aliphatic rings. The largest absolute Gasteiger partial charge is 0.325 e. The van der Waals surface area contributed by atoms with Gasteiger partial charge in [0.2, 0.25) is 0 Å². The highest BCUT2D eigenvalue weighted by Crippen LogP contribution is 2.21. The third-order valence-electron chi connectivity index (χ3n) is 4.60. The molecule has 1 saturated heterocycles. The predicted molar refractivity (Wildman–Crippen MR) is 96.1 cm³/mol. The Bertz CT molecular complexity index is 631. The number of anilines is 2. The Kier molecular flexibility index (Phi) is 5.51. The third-order valence-corrected chi connectivity index (χ3v) is 4.60. The van der Waals surface area contributed by atoms with E-state index in [0.717, 1.165) is 50.8 Å². The monoisotopic (exact) mass is 327 g/mol. The zero-order valence-electron chi connectivity index (χ0n) is 14.0. The summed E-state index contributed by atoms with van der Waals surface area (Å²) in [7, 11) is 0. The summed E-state index contributed by atoms with van der Waals surface area (Å²) in [5.41, 5.74) is 2.28. The zero-order chi connectivity index (χ0) is 16.8. The molecule has 128 valence electrons. The quantitative estimate of drug-likeness (QED) is 0.876. The van der Waals surface area contributed by atoms with Gasteiger partial charge in [-0.15, -0.1) is 0 Å². The first-order valence-corrected chi connectivity index (χ1v) is 8.89. The molecular weight excluding hydrogens is 302 g/mol. The number of carbonyl (C=O) groups is 2. The fraction of sp³-hybridized carbons (Fsp3) is 0.474. The second-order valence-corrected chi connectivity index (χ2v) is 6.49. The van der Waals surface area contributed by atoms with Crippen molar-refractivity contribution in [1.29, 1.82) is 0 Å². The van der Waals surface area contributed by atoms with Gasteiger partial charge in [-0.05, 0) is 50.3 Å². The van der Waals surface area contributed by atoms with E-state index in [-0.39, 0.29) is 11.9 Å². The Labute approximate surface area is 143 Å². The highest BCUT2D eigenvalue weighted by atomic mass is 16.2. The SMILES string of the molecule is O=C(Nc1cccc(NC(=O)N2CCCCCC2)c1)C1=CCCC1. The van der Waals surface area contributed by atoms with Gasteiger partial charge in [0.05, 0.1) is 0 Å². The van der Waals surface area contributed by atoms with E-state index in [2.05, 4.69) is 10.6 Å². The normalized spacial score (nSPS) is 17.8. The van der Waals surface area contributed by atoms with Gasteiger partial charge in [0.1, 0.15) is 0 Å². The van der Waals surface area contributed by atoms with Crippen LogP contribution >= 0.6 is 0 Å². The van der Waals surface area contributed by atoms with E-state index in [4.69, 9.17) is 0 Å². The molecule has 5 heteroatoms. The van der Waals surface area contributed by atoms with Crippen molar-refractivity contribution in [3.8, 4) is 0 Å². The van der Waals surface area contributed by atoms with Crippen molar-refractivity contribution in [3.05, 3.63) is 35.9 Å². The lowest BCUT2D eigenvalue weighted by Gasteiger charge is -2.21. The summed E-state index contributed by atoms with van der Waals surface area (Å²) in [6.45, 7) is 1.63. The lowest BCUT2D eigenvalue weighted by molar-refractivity contribution is -0.112. The minimum atomic E-state index is -0.0566. The smallest absolute Gasteiger partial charge is 0.321 e. The predicted octanol–water partition coefficient (Wildman–Crippen LogP) is 4.14. The average molecular weight is 327 g/mol. The van der Waals surface area contributed by atoms with Crippen LogP contribution < -0.4 is 10.6 Å². The van der Waals surface area contributed by atoms with Gasteiger partial charge in [-0.1, -0.05) is 25.0 Å². The molecule has 1 heterocycles. The van der Waals surface area contributed by atoms with Crippen molar-refractivity contribution < 1.29 is 9.59 Å². The first-order valence-electron chi connectivity index (χ1n) is 8.89. The summed E-state index contributed by atoms with van der Waals surface area (Å²) in [6, 6.07) is 7.29. The molecule has 1 aromatic carbocycles. The molecule has 1 aliphatic carbocycles. The molecule has 1 aliphatic heterocycles. The molecule has 0 spiro atoms. The van der Waals surface area contributed by atoms with Crippen LogP contribution in [0, 0.1) is 0 Å². The Morgan fingerprint density at radius 2 is 1.62 bits per heavy atom. The van der Waals surface area contributed by atoms with Gasteiger partial charge >= 0.3 is 6.03 Å². The van der Waals surface area contributed by atoms with Crippen LogP contribution in [0.5, 0.6) is 0 Å². The highest BCUT2D eigenvalue weighted by Gasteiger charge is 2.16. The molecule has 0 bridgehead atoms. The number of hydrogen-bond donors (Lipinski definition) is 2. The number of urea groups is 1. The molecule has 0 aromatic heterocycles. The van der Waals surface area contributed by atoms with E-state index in [9.17, 15) is 9.59 Å². The zero-order valence-corrected chi connectivity index (χ0v) is 14.0. The average Bonchev–Trinajstić information content (AvgIpc) is 2.98. The number of hydrogen-bond acceptors (Lipinski definition) is 2. The fourth-order valence-corrected chi connectivity index (χ4v) is 3.24. The van der Waals surface area contributed by atoms with Crippen molar-refractivity contribution in [1.82, 2.24) is 4.90 Å². The van der Waals surface area contributed by atoms with Crippen LogP contribution in [0.15, 0.2) is 35.9 Å². The van der Waals surface area contributed by atoms with E-state index in [1.807, 2.05) is 35.2 Å². The van der Waals surface area contributed by atoms with Crippen LogP contribution in [-0.2, 0) is 4.79 Å². The number of benzene rings is 1. The number of nitrogens with zero attached hydrogens (tertiary/aromatic N) is 1. The Balaban J connectivity index is 1.60. The summed E-state index contributed by atoms with van der Waals surface area (Å²) < 4.78 is 0. The second kappa shape index (κ2) is 7.99. The van der Waals surface area contributed by atoms with Crippen LogP contribution in [-0.4, -0.2) is 29.9 Å². The molecule has 1 aromatic rings. The van der Waals surface area contributed by atoms with Crippen molar-refractivity contribution in [3.63, 3.8) is 0 Å². The minimum absolute atomic E-state index is 0.0384. The van der Waals surface area contributed by atoms with Crippen molar-refractivity contribution in [2.45, 2.75) is 44.9 Å².